The fraction of sp³-hybridized carbons (Fsp3) is 0.304. The van der Waals surface area contributed by atoms with Gasteiger partial charge in [-0.05, 0) is 75.5 Å². The van der Waals surface area contributed by atoms with Crippen LogP contribution in [0.2, 0.25) is 0 Å². The van der Waals surface area contributed by atoms with E-state index in [2.05, 4.69) is 14.9 Å². The number of nitrogens with one attached hydrogen (secondary N) is 1. The number of anilines is 1. The molecule has 0 fully saturated rings. The zero-order valence-electron chi connectivity index (χ0n) is 18.1. The van der Waals surface area contributed by atoms with Gasteiger partial charge in [-0.2, -0.15) is 0 Å². The second-order valence-electron chi connectivity index (χ2n) is 8.40. The third-order valence-corrected chi connectivity index (χ3v) is 5.28. The van der Waals surface area contributed by atoms with Crippen LogP contribution in [-0.2, 0) is 4.79 Å². The minimum Gasteiger partial charge on any atom is -0.349 e. The molecule has 0 unspecified atom stereocenters. The lowest BCUT2D eigenvalue weighted by molar-refractivity contribution is -0.124. The minimum atomic E-state index is -1.24. The van der Waals surface area contributed by atoms with E-state index in [4.69, 9.17) is 0 Å². The highest BCUT2D eigenvalue weighted by molar-refractivity contribution is 7.03. The van der Waals surface area contributed by atoms with Gasteiger partial charge in [-0.1, -0.05) is 28.8 Å². The molecule has 162 valence electrons. The molecular weight excluding hydrogens is 415 g/mol. The van der Waals surface area contributed by atoms with Crippen LogP contribution >= 0.6 is 11.5 Å². The van der Waals surface area contributed by atoms with E-state index in [1.807, 2.05) is 46.8 Å². The molecule has 3 aromatic rings. The predicted octanol–water partition coefficient (Wildman–Crippen LogP) is 4.60. The third kappa shape index (κ3) is 5.14. The summed E-state index contributed by atoms with van der Waals surface area (Å²) in [5, 5.41) is 8.29. The lowest BCUT2D eigenvalue weighted by Crippen LogP contribution is -2.49. The van der Waals surface area contributed by atoms with E-state index in [0.29, 0.717) is 5.69 Å². The first kappa shape index (κ1) is 22.6. The molecule has 6 nitrogen and oxygen atoms in total. The van der Waals surface area contributed by atoms with Crippen LogP contribution in [0.3, 0.4) is 0 Å². The monoisotopic (exact) mass is 440 g/mol. The molecule has 0 bridgehead atoms. The Morgan fingerprint density at radius 3 is 2.39 bits per heavy atom. The van der Waals surface area contributed by atoms with E-state index >= 15 is 0 Å². The van der Waals surface area contributed by atoms with Crippen molar-refractivity contribution in [2.75, 3.05) is 4.90 Å². The van der Waals surface area contributed by atoms with Gasteiger partial charge in [0.15, 0.2) is 5.69 Å². The van der Waals surface area contributed by atoms with Crippen molar-refractivity contribution in [3.63, 3.8) is 0 Å². The van der Waals surface area contributed by atoms with Gasteiger partial charge in [-0.25, -0.2) is 4.39 Å². The Bertz CT molecular complexity index is 1090. The summed E-state index contributed by atoms with van der Waals surface area (Å²) in [5.74, 6) is -1.60. The van der Waals surface area contributed by atoms with Crippen LogP contribution in [0.25, 0.3) is 0 Å². The zero-order chi connectivity index (χ0) is 22.8. The maximum atomic E-state index is 14.9. The predicted molar refractivity (Wildman–Crippen MR) is 120 cm³/mol. The molecule has 31 heavy (non-hydrogen) atoms. The van der Waals surface area contributed by atoms with Crippen molar-refractivity contribution >= 4 is 29.0 Å². The normalized spacial score (nSPS) is 12.3. The zero-order valence-corrected chi connectivity index (χ0v) is 19.0. The molecule has 0 saturated carbocycles. The first-order valence-electron chi connectivity index (χ1n) is 9.83. The van der Waals surface area contributed by atoms with E-state index in [1.165, 1.54) is 22.4 Å². The Labute approximate surface area is 185 Å². The number of carbonyl (C=O) groups excluding carboxylic acids is 2. The van der Waals surface area contributed by atoms with E-state index in [1.54, 1.807) is 18.2 Å². The van der Waals surface area contributed by atoms with Crippen molar-refractivity contribution in [3.8, 4) is 0 Å². The second-order valence-corrected chi connectivity index (χ2v) is 9.01. The average molecular weight is 441 g/mol. The van der Waals surface area contributed by atoms with Gasteiger partial charge in [-0.15, -0.1) is 5.10 Å². The lowest BCUT2D eigenvalue weighted by atomic mass is 9.99. The van der Waals surface area contributed by atoms with Crippen LogP contribution in [0.1, 0.15) is 54.0 Å². The SMILES string of the molecule is Cc1ccc(N(C(=O)c2csnn2)[C@H](C(=O)NC(C)(C)C)c2ccccc2F)cc1C. The Morgan fingerprint density at radius 1 is 1.10 bits per heavy atom. The van der Waals surface area contributed by atoms with E-state index < -0.39 is 29.2 Å². The summed E-state index contributed by atoms with van der Waals surface area (Å²) in [6, 6.07) is 10.2. The first-order valence-corrected chi connectivity index (χ1v) is 10.7. The van der Waals surface area contributed by atoms with Crippen molar-refractivity contribution in [2.45, 2.75) is 46.2 Å². The lowest BCUT2D eigenvalue weighted by Gasteiger charge is -2.33. The summed E-state index contributed by atoms with van der Waals surface area (Å²) in [6.45, 7) is 9.36. The number of hydrogen-bond acceptors (Lipinski definition) is 5. The summed E-state index contributed by atoms with van der Waals surface area (Å²) in [6.07, 6.45) is 0. The minimum absolute atomic E-state index is 0.0909. The molecule has 0 saturated heterocycles. The number of hydrogen-bond donors (Lipinski definition) is 1. The van der Waals surface area contributed by atoms with Gasteiger partial charge in [0, 0.05) is 22.2 Å². The molecule has 2 aromatic carbocycles. The molecule has 1 aromatic heterocycles. The summed E-state index contributed by atoms with van der Waals surface area (Å²) in [4.78, 5) is 28.3. The van der Waals surface area contributed by atoms with Crippen LogP contribution in [0.4, 0.5) is 10.1 Å². The quantitative estimate of drug-likeness (QED) is 0.629. The number of carbonyl (C=O) groups is 2. The topological polar surface area (TPSA) is 75.2 Å². The maximum Gasteiger partial charge on any atom is 0.280 e. The average Bonchev–Trinajstić information content (AvgIpc) is 3.22. The molecule has 8 heteroatoms. The molecule has 1 atom stereocenters. The van der Waals surface area contributed by atoms with Crippen molar-refractivity contribution in [1.29, 1.82) is 0 Å². The van der Waals surface area contributed by atoms with Gasteiger partial charge in [-0.3, -0.25) is 14.5 Å². The van der Waals surface area contributed by atoms with Crippen molar-refractivity contribution in [2.24, 2.45) is 0 Å². The first-order chi connectivity index (χ1) is 14.6. The van der Waals surface area contributed by atoms with E-state index in [0.717, 1.165) is 22.7 Å². The molecule has 0 aliphatic carbocycles. The van der Waals surface area contributed by atoms with Crippen LogP contribution < -0.4 is 10.2 Å². The van der Waals surface area contributed by atoms with Crippen molar-refractivity contribution in [1.82, 2.24) is 14.9 Å². The number of aryl methyl sites for hydroxylation is 2. The van der Waals surface area contributed by atoms with Gasteiger partial charge < -0.3 is 5.32 Å². The van der Waals surface area contributed by atoms with Gasteiger partial charge >= 0.3 is 0 Å². The molecule has 0 aliphatic rings. The second kappa shape index (κ2) is 8.93. The number of rotatable bonds is 5. The molecule has 1 heterocycles. The molecule has 1 N–H and O–H groups in total. The van der Waals surface area contributed by atoms with E-state index in [-0.39, 0.29) is 11.3 Å². The fourth-order valence-corrected chi connectivity index (χ4v) is 3.60. The van der Waals surface area contributed by atoms with Crippen molar-refractivity contribution < 1.29 is 14.0 Å². The number of aromatic nitrogens is 2. The third-order valence-electron chi connectivity index (χ3n) is 4.77. The summed E-state index contributed by atoms with van der Waals surface area (Å²) >= 11 is 1.03. The Morgan fingerprint density at radius 2 is 1.81 bits per heavy atom. The molecule has 3 rings (SSSR count). The molecule has 0 aliphatic heterocycles. The number of nitrogens with zero attached hydrogens (tertiary/aromatic N) is 3. The van der Waals surface area contributed by atoms with Gasteiger partial charge in [0.2, 0.25) is 5.91 Å². The Hall–Kier alpha value is -3.13. The fourth-order valence-electron chi connectivity index (χ4n) is 3.17. The van der Waals surface area contributed by atoms with E-state index in [9.17, 15) is 14.0 Å². The number of amides is 2. The highest BCUT2D eigenvalue weighted by Crippen LogP contribution is 2.32. The molecule has 0 spiro atoms. The Kier molecular flexibility index (Phi) is 6.50. The standard InChI is InChI=1S/C23H25FN4O2S/c1-14-10-11-16(12-15(14)2)28(22(30)19-13-31-27-26-19)20(21(29)25-23(3,4)5)17-8-6-7-9-18(17)24/h6-13,20H,1-5H3,(H,25,29)/t20-/m0/s1. The number of halogens is 1. The highest BCUT2D eigenvalue weighted by atomic mass is 32.1. The van der Waals surface area contributed by atoms with Crippen LogP contribution in [-0.4, -0.2) is 26.9 Å². The Balaban J connectivity index is 2.23. The van der Waals surface area contributed by atoms with Gasteiger partial charge in [0.1, 0.15) is 11.9 Å². The van der Waals surface area contributed by atoms with Gasteiger partial charge in [0.05, 0.1) is 0 Å². The van der Waals surface area contributed by atoms with Crippen LogP contribution in [0.5, 0.6) is 0 Å². The smallest absolute Gasteiger partial charge is 0.280 e. The largest absolute Gasteiger partial charge is 0.349 e. The molecule has 0 radical (unpaired) electrons. The molecular formula is C23H25FN4O2S. The summed E-state index contributed by atoms with van der Waals surface area (Å²) < 4.78 is 18.7. The summed E-state index contributed by atoms with van der Waals surface area (Å²) in [5.41, 5.74) is 2.05. The van der Waals surface area contributed by atoms with Crippen molar-refractivity contribution in [3.05, 3.63) is 76.0 Å². The highest BCUT2D eigenvalue weighted by Gasteiger charge is 2.37. The van der Waals surface area contributed by atoms with Crippen LogP contribution in [0.15, 0.2) is 47.8 Å². The summed E-state index contributed by atoms with van der Waals surface area (Å²) in [7, 11) is 0. The van der Waals surface area contributed by atoms with Crippen LogP contribution in [0, 0.1) is 19.7 Å². The molecule has 2 amide bonds. The van der Waals surface area contributed by atoms with Gasteiger partial charge in [0.25, 0.3) is 5.91 Å². The maximum absolute atomic E-state index is 14.9. The number of benzene rings is 2.